The van der Waals surface area contributed by atoms with Gasteiger partial charge in [0.25, 0.3) is 0 Å². The Morgan fingerprint density at radius 3 is 2.33 bits per heavy atom. The molecule has 0 aromatic heterocycles. The number of alkyl halides is 3. The lowest BCUT2D eigenvalue weighted by Crippen LogP contribution is -2.19. The van der Waals surface area contributed by atoms with Gasteiger partial charge in [0.05, 0.1) is 6.61 Å². The van der Waals surface area contributed by atoms with E-state index in [-0.39, 0.29) is 11.9 Å². The molecule has 82 valence electrons. The first-order valence-electron chi connectivity index (χ1n) is 4.46. The van der Waals surface area contributed by atoms with Crippen LogP contribution in [-0.2, 0) is 4.74 Å². The zero-order valence-corrected chi connectivity index (χ0v) is 7.75. The van der Waals surface area contributed by atoms with Crippen LogP contribution in [0.15, 0.2) is 24.3 Å². The molecule has 1 aromatic rings. The highest BCUT2D eigenvalue weighted by Gasteiger charge is 2.28. The highest BCUT2D eigenvalue weighted by Crippen LogP contribution is 2.30. The summed E-state index contributed by atoms with van der Waals surface area (Å²) in [7, 11) is 0. The van der Waals surface area contributed by atoms with Gasteiger partial charge in [0.2, 0.25) is 0 Å². The van der Waals surface area contributed by atoms with Crippen LogP contribution in [0.3, 0.4) is 0 Å². The minimum absolute atomic E-state index is 0.113. The lowest BCUT2D eigenvalue weighted by Gasteiger charge is -2.09. The van der Waals surface area contributed by atoms with Crippen LogP contribution in [-0.4, -0.2) is 19.4 Å². The molecule has 1 aliphatic heterocycles. The van der Waals surface area contributed by atoms with Gasteiger partial charge in [-0.15, -0.1) is 0 Å². The normalized spacial score (nSPS) is 20.1. The second kappa shape index (κ2) is 3.73. The number of halogens is 3. The molecule has 1 aliphatic rings. The van der Waals surface area contributed by atoms with Crippen LogP contribution in [0.25, 0.3) is 0 Å². The Bertz CT molecular complexity index is 328. The largest absolute Gasteiger partial charge is 0.484 e. The fourth-order valence-corrected chi connectivity index (χ4v) is 1.18. The molecule has 0 spiro atoms. The van der Waals surface area contributed by atoms with E-state index in [1.54, 1.807) is 12.1 Å². The monoisotopic (exact) mass is 218 g/mol. The summed E-state index contributed by atoms with van der Waals surface area (Å²) in [6.07, 6.45) is -4.18. The number of rotatable bonds is 3. The topological polar surface area (TPSA) is 21.8 Å². The molecule has 0 saturated carbocycles. The Kier molecular flexibility index (Phi) is 2.56. The molecule has 0 aliphatic carbocycles. The molecule has 2 nitrogen and oxygen atoms in total. The first kappa shape index (κ1) is 10.3. The van der Waals surface area contributed by atoms with Gasteiger partial charge >= 0.3 is 6.18 Å². The second-order valence-corrected chi connectivity index (χ2v) is 3.29. The van der Waals surface area contributed by atoms with E-state index in [0.29, 0.717) is 6.61 Å². The Morgan fingerprint density at radius 1 is 1.27 bits per heavy atom. The van der Waals surface area contributed by atoms with Crippen molar-refractivity contribution < 1.29 is 22.6 Å². The highest BCUT2D eigenvalue weighted by molar-refractivity contribution is 5.29. The molecular formula is C10H9F3O2. The van der Waals surface area contributed by atoms with E-state index >= 15 is 0 Å². The van der Waals surface area contributed by atoms with E-state index in [2.05, 4.69) is 4.74 Å². The average molecular weight is 218 g/mol. The standard InChI is InChI=1S/C10H9F3O2/c11-10(12,13)6-15-8-3-1-7(2-4-8)9-5-14-9/h1-4,9H,5-6H2/t9-/m1/s1. The Hall–Kier alpha value is -1.23. The van der Waals surface area contributed by atoms with Crippen molar-refractivity contribution in [1.82, 2.24) is 0 Å². The molecule has 1 aromatic carbocycles. The van der Waals surface area contributed by atoms with Gasteiger partial charge in [-0.2, -0.15) is 13.2 Å². The van der Waals surface area contributed by atoms with Crippen molar-refractivity contribution in [1.29, 1.82) is 0 Å². The van der Waals surface area contributed by atoms with E-state index in [1.807, 2.05) is 0 Å². The first-order chi connectivity index (χ1) is 7.04. The van der Waals surface area contributed by atoms with E-state index in [4.69, 9.17) is 4.74 Å². The van der Waals surface area contributed by atoms with Crippen LogP contribution >= 0.6 is 0 Å². The van der Waals surface area contributed by atoms with E-state index in [0.717, 1.165) is 5.56 Å². The average Bonchev–Trinajstić information content (AvgIpc) is 2.98. The van der Waals surface area contributed by atoms with Crippen molar-refractivity contribution in [3.63, 3.8) is 0 Å². The summed E-state index contributed by atoms with van der Waals surface area (Å²) in [5.41, 5.74) is 0.967. The van der Waals surface area contributed by atoms with Gasteiger partial charge in [0.1, 0.15) is 11.9 Å². The molecule has 1 atom stereocenters. The summed E-state index contributed by atoms with van der Waals surface area (Å²) in [5, 5.41) is 0. The summed E-state index contributed by atoms with van der Waals surface area (Å²) in [5.74, 6) is 0.219. The molecule has 0 amide bonds. The van der Waals surface area contributed by atoms with Crippen molar-refractivity contribution >= 4 is 0 Å². The molecule has 0 bridgehead atoms. The summed E-state index contributed by atoms with van der Waals surface area (Å²) in [6.45, 7) is -0.574. The third-order valence-corrected chi connectivity index (χ3v) is 1.99. The number of epoxide rings is 1. The Balaban J connectivity index is 1.92. The highest BCUT2D eigenvalue weighted by atomic mass is 19.4. The van der Waals surface area contributed by atoms with Crippen molar-refractivity contribution in [3.05, 3.63) is 29.8 Å². The predicted molar refractivity (Wildman–Crippen MR) is 46.7 cm³/mol. The van der Waals surface area contributed by atoms with Crippen LogP contribution < -0.4 is 4.74 Å². The number of ether oxygens (including phenoxy) is 2. The number of hydrogen-bond donors (Lipinski definition) is 0. The molecule has 15 heavy (non-hydrogen) atoms. The van der Waals surface area contributed by atoms with Gasteiger partial charge < -0.3 is 9.47 Å². The first-order valence-corrected chi connectivity index (χ1v) is 4.46. The maximum absolute atomic E-state index is 11.8. The molecule has 1 heterocycles. The molecule has 5 heteroatoms. The Labute approximate surface area is 84.6 Å². The van der Waals surface area contributed by atoms with E-state index in [9.17, 15) is 13.2 Å². The van der Waals surface area contributed by atoms with Crippen molar-refractivity contribution in [2.24, 2.45) is 0 Å². The maximum Gasteiger partial charge on any atom is 0.422 e. The summed E-state index contributed by atoms with van der Waals surface area (Å²) in [4.78, 5) is 0. The fraction of sp³-hybridized carbons (Fsp3) is 0.400. The third kappa shape index (κ3) is 3.13. The van der Waals surface area contributed by atoms with Gasteiger partial charge in [0, 0.05) is 0 Å². The van der Waals surface area contributed by atoms with Gasteiger partial charge in [-0.05, 0) is 17.7 Å². The minimum atomic E-state index is -4.29. The van der Waals surface area contributed by atoms with Crippen LogP contribution in [0, 0.1) is 0 Å². The van der Waals surface area contributed by atoms with Crippen LogP contribution in [0.2, 0.25) is 0 Å². The van der Waals surface area contributed by atoms with Crippen molar-refractivity contribution in [2.45, 2.75) is 12.3 Å². The molecule has 0 N–H and O–H groups in total. The van der Waals surface area contributed by atoms with Gasteiger partial charge in [-0.3, -0.25) is 0 Å². The zero-order valence-electron chi connectivity index (χ0n) is 7.75. The summed E-state index contributed by atoms with van der Waals surface area (Å²) < 4.78 is 45.0. The van der Waals surface area contributed by atoms with Crippen molar-refractivity contribution in [3.8, 4) is 5.75 Å². The SMILES string of the molecule is FC(F)(F)COc1ccc([C@H]2CO2)cc1. The molecular weight excluding hydrogens is 209 g/mol. The number of benzene rings is 1. The van der Waals surface area contributed by atoms with Crippen LogP contribution in [0.5, 0.6) is 5.75 Å². The molecule has 0 radical (unpaired) electrons. The van der Waals surface area contributed by atoms with E-state index < -0.39 is 12.8 Å². The third-order valence-electron chi connectivity index (χ3n) is 1.99. The van der Waals surface area contributed by atoms with E-state index in [1.165, 1.54) is 12.1 Å². The van der Waals surface area contributed by atoms with Crippen molar-refractivity contribution in [2.75, 3.05) is 13.2 Å². The van der Waals surface area contributed by atoms with Crippen LogP contribution in [0.4, 0.5) is 13.2 Å². The minimum Gasteiger partial charge on any atom is -0.484 e. The lowest BCUT2D eigenvalue weighted by molar-refractivity contribution is -0.153. The van der Waals surface area contributed by atoms with Gasteiger partial charge in [-0.25, -0.2) is 0 Å². The zero-order chi connectivity index (χ0) is 10.9. The molecule has 1 saturated heterocycles. The van der Waals surface area contributed by atoms with Gasteiger partial charge in [0.15, 0.2) is 6.61 Å². The number of hydrogen-bond acceptors (Lipinski definition) is 2. The van der Waals surface area contributed by atoms with Gasteiger partial charge in [-0.1, -0.05) is 12.1 Å². The molecule has 1 fully saturated rings. The van der Waals surface area contributed by atoms with Crippen LogP contribution in [0.1, 0.15) is 11.7 Å². The molecule has 2 rings (SSSR count). The Morgan fingerprint density at radius 2 is 1.87 bits per heavy atom. The maximum atomic E-state index is 11.8. The quantitative estimate of drug-likeness (QED) is 0.727. The summed E-state index contributed by atoms with van der Waals surface area (Å²) >= 11 is 0. The lowest BCUT2D eigenvalue weighted by atomic mass is 10.2. The fourth-order valence-electron chi connectivity index (χ4n) is 1.18. The smallest absolute Gasteiger partial charge is 0.422 e. The predicted octanol–water partition coefficient (Wildman–Crippen LogP) is 2.70. The molecule has 0 unspecified atom stereocenters. The second-order valence-electron chi connectivity index (χ2n) is 3.29. The summed E-state index contributed by atoms with van der Waals surface area (Å²) in [6, 6.07) is 6.46.